The number of halogens is 1. The Bertz CT molecular complexity index is 1090. The Morgan fingerprint density at radius 3 is 2.67 bits per heavy atom. The normalized spacial score (nSPS) is 13.3. The molecule has 4 rings (SSSR count). The Balaban J connectivity index is 1.71. The first-order valence-electron chi connectivity index (χ1n) is 9.69. The lowest BCUT2D eigenvalue weighted by Gasteiger charge is -2.17. The Labute approximate surface area is 173 Å². The molecule has 0 spiro atoms. The molecule has 3 aromatic rings. The van der Waals surface area contributed by atoms with Crippen molar-refractivity contribution in [1.29, 1.82) is 5.26 Å². The van der Waals surface area contributed by atoms with Gasteiger partial charge in [-0.15, -0.1) is 0 Å². The van der Waals surface area contributed by atoms with Crippen LogP contribution in [0.2, 0.25) is 0 Å². The summed E-state index contributed by atoms with van der Waals surface area (Å²) >= 11 is 0. The van der Waals surface area contributed by atoms with E-state index in [1.165, 1.54) is 12.1 Å². The predicted molar refractivity (Wildman–Crippen MR) is 109 cm³/mol. The third kappa shape index (κ3) is 4.13. The SMILES string of the molecule is N#Cc1c(-c2ccc(F)cc2)cc(-c2ccccn2)nc1OCCN1CCCC1=O. The van der Waals surface area contributed by atoms with Crippen LogP contribution in [-0.4, -0.2) is 40.5 Å². The quantitative estimate of drug-likeness (QED) is 0.626. The van der Waals surface area contributed by atoms with Gasteiger partial charge in [-0.3, -0.25) is 9.78 Å². The number of likely N-dealkylation sites (tertiary alicyclic amines) is 1. The number of rotatable bonds is 6. The molecule has 1 aliphatic heterocycles. The number of ether oxygens (including phenoxy) is 1. The van der Waals surface area contributed by atoms with E-state index in [0.29, 0.717) is 35.5 Å². The smallest absolute Gasteiger partial charge is 0.233 e. The van der Waals surface area contributed by atoms with Crippen molar-refractivity contribution in [3.63, 3.8) is 0 Å². The van der Waals surface area contributed by atoms with Gasteiger partial charge in [0.2, 0.25) is 11.8 Å². The molecular formula is C23H19FN4O2. The fourth-order valence-electron chi connectivity index (χ4n) is 3.43. The summed E-state index contributed by atoms with van der Waals surface area (Å²) in [6.07, 6.45) is 3.07. The van der Waals surface area contributed by atoms with Crippen molar-refractivity contribution in [1.82, 2.24) is 14.9 Å². The summed E-state index contributed by atoms with van der Waals surface area (Å²) in [5, 5.41) is 9.81. The zero-order valence-electron chi connectivity index (χ0n) is 16.2. The summed E-state index contributed by atoms with van der Waals surface area (Å²) in [4.78, 5) is 22.4. The molecule has 0 bridgehead atoms. The van der Waals surface area contributed by atoms with E-state index in [1.807, 2.05) is 12.1 Å². The molecule has 150 valence electrons. The molecule has 3 heterocycles. The van der Waals surface area contributed by atoms with Crippen LogP contribution in [0.25, 0.3) is 22.5 Å². The minimum absolute atomic E-state index is 0.112. The van der Waals surface area contributed by atoms with Crippen LogP contribution in [0, 0.1) is 17.1 Å². The van der Waals surface area contributed by atoms with Crippen molar-refractivity contribution in [2.75, 3.05) is 19.7 Å². The second kappa shape index (κ2) is 8.70. The van der Waals surface area contributed by atoms with E-state index in [0.717, 1.165) is 13.0 Å². The number of hydrogen-bond acceptors (Lipinski definition) is 5. The monoisotopic (exact) mass is 402 g/mol. The lowest BCUT2D eigenvalue weighted by Crippen LogP contribution is -2.29. The number of carbonyl (C=O) groups is 1. The van der Waals surface area contributed by atoms with Crippen molar-refractivity contribution >= 4 is 5.91 Å². The van der Waals surface area contributed by atoms with Gasteiger partial charge in [0, 0.05) is 24.7 Å². The Morgan fingerprint density at radius 2 is 2.00 bits per heavy atom. The molecule has 0 radical (unpaired) electrons. The summed E-state index contributed by atoms with van der Waals surface area (Å²) < 4.78 is 19.3. The number of pyridine rings is 2. The Hall–Kier alpha value is -3.79. The third-order valence-corrected chi connectivity index (χ3v) is 4.95. The fraction of sp³-hybridized carbons (Fsp3) is 0.217. The highest BCUT2D eigenvalue weighted by molar-refractivity contribution is 5.78. The third-order valence-electron chi connectivity index (χ3n) is 4.95. The van der Waals surface area contributed by atoms with Gasteiger partial charge in [0.25, 0.3) is 0 Å². The molecular weight excluding hydrogens is 383 g/mol. The maximum atomic E-state index is 13.4. The zero-order chi connectivity index (χ0) is 20.9. The van der Waals surface area contributed by atoms with Crippen LogP contribution >= 0.6 is 0 Å². The first kappa shape index (κ1) is 19.5. The summed E-state index contributed by atoms with van der Waals surface area (Å²) in [7, 11) is 0. The highest BCUT2D eigenvalue weighted by Gasteiger charge is 2.21. The van der Waals surface area contributed by atoms with E-state index in [9.17, 15) is 14.4 Å². The van der Waals surface area contributed by atoms with Gasteiger partial charge in [0.15, 0.2) is 0 Å². The van der Waals surface area contributed by atoms with Crippen molar-refractivity contribution in [3.05, 3.63) is 66.1 Å². The van der Waals surface area contributed by atoms with Gasteiger partial charge in [-0.25, -0.2) is 9.37 Å². The van der Waals surface area contributed by atoms with Crippen molar-refractivity contribution < 1.29 is 13.9 Å². The highest BCUT2D eigenvalue weighted by Crippen LogP contribution is 2.33. The Kier molecular flexibility index (Phi) is 5.66. The van der Waals surface area contributed by atoms with Crippen molar-refractivity contribution in [2.45, 2.75) is 12.8 Å². The molecule has 2 aromatic heterocycles. The number of carbonyl (C=O) groups excluding carboxylic acids is 1. The second-order valence-corrected chi connectivity index (χ2v) is 6.90. The van der Waals surface area contributed by atoms with Crippen LogP contribution in [-0.2, 0) is 4.79 Å². The number of aromatic nitrogens is 2. The lowest BCUT2D eigenvalue weighted by molar-refractivity contribution is -0.128. The largest absolute Gasteiger partial charge is 0.475 e. The summed E-state index contributed by atoms with van der Waals surface area (Å²) in [5.74, 6) is -0.0732. The minimum Gasteiger partial charge on any atom is -0.475 e. The van der Waals surface area contributed by atoms with Gasteiger partial charge in [-0.1, -0.05) is 18.2 Å². The van der Waals surface area contributed by atoms with E-state index in [1.54, 1.807) is 35.4 Å². The molecule has 1 saturated heterocycles. The summed E-state index contributed by atoms with van der Waals surface area (Å²) in [6, 6.07) is 15.3. The zero-order valence-corrected chi connectivity index (χ0v) is 16.2. The topological polar surface area (TPSA) is 79.1 Å². The van der Waals surface area contributed by atoms with Gasteiger partial charge in [-0.2, -0.15) is 5.26 Å². The van der Waals surface area contributed by atoms with Crippen LogP contribution in [0.3, 0.4) is 0 Å². The van der Waals surface area contributed by atoms with Crippen molar-refractivity contribution in [2.24, 2.45) is 0 Å². The van der Waals surface area contributed by atoms with Crippen LogP contribution in [0.1, 0.15) is 18.4 Å². The van der Waals surface area contributed by atoms with Gasteiger partial charge in [0.05, 0.1) is 17.9 Å². The summed E-state index contributed by atoms with van der Waals surface area (Å²) in [5.41, 5.74) is 2.69. The first-order chi connectivity index (χ1) is 14.7. The highest BCUT2D eigenvalue weighted by atomic mass is 19.1. The standard InChI is InChI=1S/C23H19FN4O2/c24-17-8-6-16(7-9-17)18-14-21(20-4-1-2-10-26-20)27-23(19(18)15-25)30-13-12-28-11-3-5-22(28)29/h1-2,4,6-10,14H,3,5,11-13H2. The van der Waals surface area contributed by atoms with Gasteiger partial charge in [-0.05, 0) is 42.3 Å². The number of hydrogen-bond donors (Lipinski definition) is 0. The molecule has 1 aromatic carbocycles. The van der Waals surface area contributed by atoms with E-state index < -0.39 is 0 Å². The molecule has 0 saturated carbocycles. The second-order valence-electron chi connectivity index (χ2n) is 6.90. The molecule has 0 aliphatic carbocycles. The lowest BCUT2D eigenvalue weighted by atomic mass is 10.00. The van der Waals surface area contributed by atoms with E-state index in [-0.39, 0.29) is 29.8 Å². The number of benzene rings is 1. The molecule has 1 fully saturated rings. The number of nitriles is 1. The van der Waals surface area contributed by atoms with Crippen LogP contribution in [0.15, 0.2) is 54.7 Å². The van der Waals surface area contributed by atoms with E-state index in [4.69, 9.17) is 4.74 Å². The molecule has 0 unspecified atom stereocenters. The van der Waals surface area contributed by atoms with Crippen LogP contribution in [0.4, 0.5) is 4.39 Å². The van der Waals surface area contributed by atoms with Gasteiger partial charge >= 0.3 is 0 Å². The average molecular weight is 402 g/mol. The van der Waals surface area contributed by atoms with E-state index >= 15 is 0 Å². The van der Waals surface area contributed by atoms with Gasteiger partial charge < -0.3 is 9.64 Å². The van der Waals surface area contributed by atoms with E-state index in [2.05, 4.69) is 16.0 Å². The molecule has 1 amide bonds. The minimum atomic E-state index is -0.358. The van der Waals surface area contributed by atoms with Gasteiger partial charge in [0.1, 0.15) is 24.1 Å². The first-order valence-corrected chi connectivity index (χ1v) is 9.69. The predicted octanol–water partition coefficient (Wildman–Crippen LogP) is 3.82. The molecule has 0 N–H and O–H groups in total. The molecule has 0 atom stereocenters. The maximum absolute atomic E-state index is 13.4. The van der Waals surface area contributed by atoms with Crippen LogP contribution < -0.4 is 4.74 Å². The maximum Gasteiger partial charge on any atom is 0.233 e. The average Bonchev–Trinajstić information content (AvgIpc) is 3.19. The van der Waals surface area contributed by atoms with Crippen molar-refractivity contribution in [3.8, 4) is 34.5 Å². The molecule has 30 heavy (non-hydrogen) atoms. The van der Waals surface area contributed by atoms with Crippen LogP contribution in [0.5, 0.6) is 5.88 Å². The Morgan fingerprint density at radius 1 is 1.17 bits per heavy atom. The fourth-order valence-corrected chi connectivity index (χ4v) is 3.43. The molecule has 1 aliphatic rings. The number of nitrogens with zero attached hydrogens (tertiary/aromatic N) is 4. The molecule has 7 heteroatoms. The number of amides is 1. The summed E-state index contributed by atoms with van der Waals surface area (Å²) in [6.45, 7) is 1.38. The molecule has 6 nitrogen and oxygen atoms in total.